The van der Waals surface area contributed by atoms with E-state index >= 15 is 0 Å². The predicted molar refractivity (Wildman–Crippen MR) is 168 cm³/mol. The summed E-state index contributed by atoms with van der Waals surface area (Å²) in [5, 5.41) is 5.70. The number of aromatic nitrogens is 1. The molecule has 0 spiro atoms. The SMILES string of the molecule is CC(NC(=O)c1c(CN2CCN(CC(=O)N3CCOCC3)C(=O)C2)c(-c2cccs2)nc2ccc(F)cc12)C1CCCCC1. The van der Waals surface area contributed by atoms with Crippen LogP contribution in [0.25, 0.3) is 21.5 Å². The van der Waals surface area contributed by atoms with Crippen molar-refractivity contribution in [3.8, 4) is 10.6 Å². The maximum Gasteiger partial charge on any atom is 0.252 e. The molecule has 1 aromatic carbocycles. The van der Waals surface area contributed by atoms with E-state index in [9.17, 15) is 18.8 Å². The van der Waals surface area contributed by atoms with Gasteiger partial charge in [0.1, 0.15) is 5.82 Å². The van der Waals surface area contributed by atoms with E-state index in [-0.39, 0.29) is 36.9 Å². The number of carbonyl (C=O) groups is 3. The molecule has 0 radical (unpaired) electrons. The van der Waals surface area contributed by atoms with Crippen molar-refractivity contribution in [1.82, 2.24) is 25.0 Å². The highest BCUT2D eigenvalue weighted by Crippen LogP contribution is 2.35. The first kappa shape index (κ1) is 30.6. The summed E-state index contributed by atoms with van der Waals surface area (Å²) < 4.78 is 20.0. The molecule has 11 heteroatoms. The molecule has 1 N–H and O–H groups in total. The first-order valence-corrected chi connectivity index (χ1v) is 16.6. The smallest absolute Gasteiger partial charge is 0.252 e. The van der Waals surface area contributed by atoms with Crippen molar-refractivity contribution in [2.45, 2.75) is 51.6 Å². The second kappa shape index (κ2) is 13.7. The first-order chi connectivity index (χ1) is 21.4. The van der Waals surface area contributed by atoms with Crippen LogP contribution in [0.2, 0.25) is 0 Å². The zero-order valence-electron chi connectivity index (χ0n) is 25.2. The summed E-state index contributed by atoms with van der Waals surface area (Å²) in [6, 6.07) is 8.28. The zero-order chi connectivity index (χ0) is 30.6. The highest BCUT2D eigenvalue weighted by molar-refractivity contribution is 7.13. The second-order valence-corrected chi connectivity index (χ2v) is 13.1. The van der Waals surface area contributed by atoms with Crippen molar-refractivity contribution in [3.05, 3.63) is 52.7 Å². The summed E-state index contributed by atoms with van der Waals surface area (Å²) in [4.78, 5) is 51.5. The largest absolute Gasteiger partial charge is 0.378 e. The van der Waals surface area contributed by atoms with E-state index in [0.717, 1.165) is 17.7 Å². The third kappa shape index (κ3) is 6.79. The van der Waals surface area contributed by atoms with Gasteiger partial charge < -0.3 is 19.9 Å². The Morgan fingerprint density at radius 2 is 1.91 bits per heavy atom. The van der Waals surface area contributed by atoms with Crippen LogP contribution in [0.5, 0.6) is 0 Å². The lowest BCUT2D eigenvalue weighted by Crippen LogP contribution is -2.54. The van der Waals surface area contributed by atoms with Crippen LogP contribution in [-0.2, 0) is 20.9 Å². The summed E-state index contributed by atoms with van der Waals surface area (Å²) in [6.07, 6.45) is 5.73. The van der Waals surface area contributed by atoms with Crippen LogP contribution in [0.3, 0.4) is 0 Å². The number of carbonyl (C=O) groups excluding carboxylic acids is 3. The van der Waals surface area contributed by atoms with E-state index in [0.29, 0.717) is 79.6 Å². The fraction of sp³-hybridized carbons (Fsp3) is 0.515. The van der Waals surface area contributed by atoms with Gasteiger partial charge in [0.2, 0.25) is 11.8 Å². The van der Waals surface area contributed by atoms with Crippen molar-refractivity contribution in [1.29, 1.82) is 0 Å². The molecule has 3 aliphatic rings. The zero-order valence-corrected chi connectivity index (χ0v) is 26.0. The first-order valence-electron chi connectivity index (χ1n) is 15.7. The van der Waals surface area contributed by atoms with Gasteiger partial charge in [0.15, 0.2) is 0 Å². The Bertz CT molecular complexity index is 1500. The third-order valence-corrected chi connectivity index (χ3v) is 10.1. The average molecular weight is 622 g/mol. The van der Waals surface area contributed by atoms with Crippen molar-refractivity contribution >= 4 is 40.0 Å². The molecule has 3 aromatic rings. The molecule has 1 atom stereocenters. The number of benzene rings is 1. The summed E-state index contributed by atoms with van der Waals surface area (Å²) in [6.45, 7) is 5.57. The number of rotatable bonds is 8. The number of hydrogen-bond donors (Lipinski definition) is 1. The number of hydrogen-bond acceptors (Lipinski definition) is 7. The van der Waals surface area contributed by atoms with E-state index in [1.165, 1.54) is 42.7 Å². The van der Waals surface area contributed by atoms with E-state index < -0.39 is 5.82 Å². The molecule has 6 rings (SSSR count). The van der Waals surface area contributed by atoms with Crippen LogP contribution in [0.1, 0.15) is 54.9 Å². The van der Waals surface area contributed by atoms with E-state index in [1.54, 1.807) is 15.9 Å². The molecule has 2 aliphatic heterocycles. The lowest BCUT2D eigenvalue weighted by atomic mass is 9.84. The van der Waals surface area contributed by atoms with Crippen molar-refractivity contribution < 1.29 is 23.5 Å². The Morgan fingerprint density at radius 3 is 2.64 bits per heavy atom. The molecule has 1 aliphatic carbocycles. The molecule has 3 amide bonds. The molecular formula is C33H40FN5O4S. The van der Waals surface area contributed by atoms with Crippen LogP contribution in [0, 0.1) is 11.7 Å². The fourth-order valence-corrected chi connectivity index (χ4v) is 7.44. The monoisotopic (exact) mass is 621 g/mol. The van der Waals surface area contributed by atoms with Gasteiger partial charge in [-0.1, -0.05) is 25.3 Å². The van der Waals surface area contributed by atoms with Crippen LogP contribution >= 0.6 is 11.3 Å². The molecule has 0 bridgehead atoms. The van der Waals surface area contributed by atoms with Gasteiger partial charge in [-0.2, -0.15) is 0 Å². The second-order valence-electron chi connectivity index (χ2n) is 12.1. The molecule has 2 aromatic heterocycles. The van der Waals surface area contributed by atoms with Gasteiger partial charge in [-0.15, -0.1) is 11.3 Å². The molecule has 234 valence electrons. The van der Waals surface area contributed by atoms with E-state index in [1.807, 2.05) is 22.4 Å². The van der Waals surface area contributed by atoms with Gasteiger partial charge in [-0.25, -0.2) is 9.37 Å². The molecular weight excluding hydrogens is 581 g/mol. The van der Waals surface area contributed by atoms with Crippen LogP contribution in [-0.4, -0.2) is 95.9 Å². The van der Waals surface area contributed by atoms with Crippen LogP contribution < -0.4 is 5.32 Å². The summed E-state index contributed by atoms with van der Waals surface area (Å²) in [5.74, 6) is -0.468. The number of halogens is 1. The predicted octanol–water partition coefficient (Wildman–Crippen LogP) is 4.30. The minimum absolute atomic E-state index is 0.0215. The minimum Gasteiger partial charge on any atom is -0.378 e. The molecule has 1 saturated carbocycles. The quantitative estimate of drug-likeness (QED) is 0.403. The number of piperazine rings is 1. The van der Waals surface area contributed by atoms with Crippen molar-refractivity contribution in [2.24, 2.45) is 5.92 Å². The molecule has 44 heavy (non-hydrogen) atoms. The average Bonchev–Trinajstić information content (AvgIpc) is 3.58. The highest BCUT2D eigenvalue weighted by atomic mass is 32.1. The topological polar surface area (TPSA) is 95.1 Å². The number of thiophene rings is 1. The normalized spacial score (nSPS) is 19.4. The van der Waals surface area contributed by atoms with Gasteiger partial charge >= 0.3 is 0 Å². The summed E-state index contributed by atoms with van der Waals surface area (Å²) in [5.41, 5.74) is 2.32. The maximum absolute atomic E-state index is 14.7. The van der Waals surface area contributed by atoms with Gasteiger partial charge in [0.05, 0.1) is 48.0 Å². The van der Waals surface area contributed by atoms with Gasteiger partial charge in [0, 0.05) is 49.7 Å². The summed E-state index contributed by atoms with van der Waals surface area (Å²) >= 11 is 1.53. The number of nitrogens with one attached hydrogen (secondary N) is 1. The number of amides is 3. The number of morpholine rings is 1. The highest BCUT2D eigenvalue weighted by Gasteiger charge is 2.31. The van der Waals surface area contributed by atoms with E-state index in [2.05, 4.69) is 12.2 Å². The molecule has 2 saturated heterocycles. The Hall–Kier alpha value is -3.41. The lowest BCUT2D eigenvalue weighted by molar-refractivity contribution is -0.145. The Morgan fingerprint density at radius 1 is 1.11 bits per heavy atom. The number of nitrogens with zero attached hydrogens (tertiary/aromatic N) is 4. The van der Waals surface area contributed by atoms with Gasteiger partial charge in [-0.05, 0) is 55.3 Å². The lowest BCUT2D eigenvalue weighted by Gasteiger charge is -2.36. The molecule has 9 nitrogen and oxygen atoms in total. The number of ether oxygens (including phenoxy) is 1. The van der Waals surface area contributed by atoms with Crippen LogP contribution in [0.4, 0.5) is 4.39 Å². The minimum atomic E-state index is -0.433. The standard InChI is InChI=1S/C33H40FN5O4S/c1-22(23-6-3-2-4-7-23)35-33(42)31-25-18-24(34)9-10-27(25)36-32(28-8-5-17-44-28)26(31)19-37-11-12-39(29(40)20-37)21-30(41)38-13-15-43-16-14-38/h5,8-10,17-18,22-23H,2-4,6-7,11-16,19-21H2,1H3,(H,35,42). The molecule has 3 fully saturated rings. The molecule has 1 unspecified atom stereocenters. The van der Waals surface area contributed by atoms with Crippen molar-refractivity contribution in [3.63, 3.8) is 0 Å². The maximum atomic E-state index is 14.7. The van der Waals surface area contributed by atoms with Gasteiger partial charge in [0.25, 0.3) is 5.91 Å². The number of fused-ring (bicyclic) bond motifs is 1. The van der Waals surface area contributed by atoms with E-state index in [4.69, 9.17) is 9.72 Å². The summed E-state index contributed by atoms with van der Waals surface area (Å²) in [7, 11) is 0. The number of pyridine rings is 1. The van der Waals surface area contributed by atoms with Crippen LogP contribution in [0.15, 0.2) is 35.7 Å². The van der Waals surface area contributed by atoms with Gasteiger partial charge in [-0.3, -0.25) is 19.3 Å². The third-order valence-electron chi connectivity index (χ3n) is 9.21. The molecule has 4 heterocycles. The Kier molecular flexibility index (Phi) is 9.53. The Balaban J connectivity index is 1.29. The Labute approximate surface area is 261 Å². The fourth-order valence-electron chi connectivity index (χ4n) is 6.70. The van der Waals surface area contributed by atoms with Crippen molar-refractivity contribution in [2.75, 3.05) is 52.5 Å².